The van der Waals surface area contributed by atoms with Crippen molar-refractivity contribution in [3.63, 3.8) is 0 Å². The average Bonchev–Trinajstić information content (AvgIpc) is 3.10. The number of aliphatic hydroxyl groups excluding tert-OH is 1. The Hall–Kier alpha value is -3.03. The van der Waals surface area contributed by atoms with Crippen LogP contribution >= 0.6 is 0 Å². The van der Waals surface area contributed by atoms with Gasteiger partial charge in [0.25, 0.3) is 6.47 Å². The molecule has 164 valence electrons. The van der Waals surface area contributed by atoms with Crippen LogP contribution in [0.5, 0.6) is 5.75 Å². The standard InChI is InChI=1S/C23H27N3O2.CH2O2/c1-15-11-24-21(16(2)23(15)28-3)13-26-12-18(22(27)14-26)10-19-9-8-17-6-4-5-7-20(17)25-19;2-1-3/h4-9,11,18,22,27H,10,12-14H2,1-3H3;1H,(H,2,3)/t18-,22-;/m1./s1. The number of aromatic nitrogens is 2. The Balaban J connectivity index is 0.000000858. The Bertz CT molecular complexity index is 1040. The van der Waals surface area contributed by atoms with E-state index in [2.05, 4.69) is 35.0 Å². The van der Waals surface area contributed by atoms with Crippen LogP contribution in [0.25, 0.3) is 10.9 Å². The average molecular weight is 424 g/mol. The van der Waals surface area contributed by atoms with E-state index in [1.54, 1.807) is 7.11 Å². The maximum atomic E-state index is 10.6. The van der Waals surface area contributed by atoms with Crippen molar-refractivity contribution in [3.05, 3.63) is 65.1 Å². The molecule has 0 aliphatic carbocycles. The van der Waals surface area contributed by atoms with Crippen molar-refractivity contribution in [2.75, 3.05) is 20.2 Å². The van der Waals surface area contributed by atoms with E-state index in [-0.39, 0.29) is 18.5 Å². The third-order valence-corrected chi connectivity index (χ3v) is 5.73. The molecule has 1 aliphatic rings. The molecule has 3 aromatic rings. The molecule has 0 amide bonds. The molecule has 0 unspecified atom stereocenters. The highest BCUT2D eigenvalue weighted by Gasteiger charge is 2.32. The number of β-amino-alcohol motifs (C(OH)–C–C–N with tert-alkyl or cyclic N) is 1. The van der Waals surface area contributed by atoms with E-state index in [4.69, 9.17) is 19.6 Å². The fourth-order valence-electron chi connectivity index (χ4n) is 4.20. The fourth-order valence-corrected chi connectivity index (χ4v) is 4.20. The molecule has 2 atom stereocenters. The van der Waals surface area contributed by atoms with Crippen molar-refractivity contribution in [1.29, 1.82) is 0 Å². The van der Waals surface area contributed by atoms with Crippen molar-refractivity contribution in [3.8, 4) is 5.75 Å². The number of likely N-dealkylation sites (tertiary alicyclic amines) is 1. The van der Waals surface area contributed by atoms with E-state index in [9.17, 15) is 5.11 Å². The quantitative estimate of drug-likeness (QED) is 0.609. The van der Waals surface area contributed by atoms with E-state index in [1.165, 1.54) is 0 Å². The lowest BCUT2D eigenvalue weighted by molar-refractivity contribution is -0.122. The van der Waals surface area contributed by atoms with Crippen LogP contribution in [0.4, 0.5) is 0 Å². The Morgan fingerprint density at radius 1 is 1.19 bits per heavy atom. The van der Waals surface area contributed by atoms with Gasteiger partial charge in [0.2, 0.25) is 0 Å². The number of hydrogen-bond donors (Lipinski definition) is 2. The summed E-state index contributed by atoms with van der Waals surface area (Å²) in [5, 5.41) is 18.6. The Kier molecular flexibility index (Phi) is 7.55. The number of benzene rings is 1. The summed E-state index contributed by atoms with van der Waals surface area (Å²) >= 11 is 0. The van der Waals surface area contributed by atoms with Gasteiger partial charge >= 0.3 is 0 Å². The molecule has 2 N–H and O–H groups in total. The van der Waals surface area contributed by atoms with Gasteiger partial charge in [-0.25, -0.2) is 0 Å². The first kappa shape index (κ1) is 22.7. The fraction of sp³-hybridized carbons (Fsp3) is 0.375. The lowest BCUT2D eigenvalue weighted by atomic mass is 9.99. The van der Waals surface area contributed by atoms with Gasteiger partial charge in [-0.15, -0.1) is 0 Å². The summed E-state index contributed by atoms with van der Waals surface area (Å²) in [5.41, 5.74) is 5.19. The predicted molar refractivity (Wildman–Crippen MR) is 119 cm³/mol. The number of rotatable bonds is 5. The second-order valence-electron chi connectivity index (χ2n) is 7.87. The third kappa shape index (κ3) is 5.37. The largest absolute Gasteiger partial charge is 0.496 e. The van der Waals surface area contributed by atoms with Crippen molar-refractivity contribution < 1.29 is 19.7 Å². The zero-order valence-corrected chi connectivity index (χ0v) is 18.2. The maximum absolute atomic E-state index is 10.6. The molecule has 0 radical (unpaired) electrons. The highest BCUT2D eigenvalue weighted by Crippen LogP contribution is 2.27. The second kappa shape index (κ2) is 10.3. The van der Waals surface area contributed by atoms with Gasteiger partial charge in [-0.1, -0.05) is 24.3 Å². The van der Waals surface area contributed by atoms with Gasteiger partial charge in [0, 0.05) is 54.0 Å². The summed E-state index contributed by atoms with van der Waals surface area (Å²) in [6, 6.07) is 12.3. The van der Waals surface area contributed by atoms with Gasteiger partial charge in [0.05, 0.1) is 24.4 Å². The number of para-hydroxylation sites is 1. The van der Waals surface area contributed by atoms with E-state index in [0.717, 1.165) is 58.7 Å². The number of carboxylic acid groups (broad SMARTS) is 1. The van der Waals surface area contributed by atoms with E-state index >= 15 is 0 Å². The normalized spacial score (nSPS) is 18.5. The SMILES string of the molecule is COc1c(C)cnc(CN2C[C@@H](Cc3ccc4ccccc4n3)[C@H](O)C2)c1C.O=CO. The zero-order chi connectivity index (χ0) is 22.4. The molecule has 0 spiro atoms. The number of methoxy groups -OCH3 is 1. The molecule has 4 rings (SSSR count). The van der Waals surface area contributed by atoms with Crippen molar-refractivity contribution >= 4 is 17.4 Å². The van der Waals surface area contributed by atoms with Crippen LogP contribution < -0.4 is 4.74 Å². The first-order valence-corrected chi connectivity index (χ1v) is 10.3. The maximum Gasteiger partial charge on any atom is 0.290 e. The predicted octanol–water partition coefficient (Wildman–Crippen LogP) is 2.99. The number of aliphatic hydroxyl groups is 1. The minimum absolute atomic E-state index is 0.182. The zero-order valence-electron chi connectivity index (χ0n) is 18.2. The summed E-state index contributed by atoms with van der Waals surface area (Å²) in [7, 11) is 1.70. The molecule has 1 fully saturated rings. The van der Waals surface area contributed by atoms with E-state index in [1.807, 2.05) is 31.3 Å². The highest BCUT2D eigenvalue weighted by molar-refractivity contribution is 5.78. The van der Waals surface area contributed by atoms with Crippen LogP contribution in [0, 0.1) is 19.8 Å². The van der Waals surface area contributed by atoms with Gasteiger partial charge in [0.1, 0.15) is 5.75 Å². The molecule has 0 bridgehead atoms. The molecule has 3 heterocycles. The van der Waals surface area contributed by atoms with Crippen LogP contribution in [0.3, 0.4) is 0 Å². The molecule has 0 saturated carbocycles. The van der Waals surface area contributed by atoms with Gasteiger partial charge in [-0.3, -0.25) is 19.7 Å². The summed E-state index contributed by atoms with van der Waals surface area (Å²) in [4.78, 5) is 20.0. The minimum atomic E-state index is -0.346. The monoisotopic (exact) mass is 423 g/mol. The molecule has 7 nitrogen and oxygen atoms in total. The Labute approximate surface area is 182 Å². The van der Waals surface area contributed by atoms with Crippen LogP contribution in [0.2, 0.25) is 0 Å². The van der Waals surface area contributed by atoms with Crippen molar-refractivity contribution in [1.82, 2.24) is 14.9 Å². The number of hydrogen-bond acceptors (Lipinski definition) is 6. The lowest BCUT2D eigenvalue weighted by Gasteiger charge is -2.18. The second-order valence-corrected chi connectivity index (χ2v) is 7.87. The molecule has 1 aromatic carbocycles. The Morgan fingerprint density at radius 3 is 2.68 bits per heavy atom. The van der Waals surface area contributed by atoms with Gasteiger partial charge in [0.15, 0.2) is 0 Å². The smallest absolute Gasteiger partial charge is 0.290 e. The Morgan fingerprint density at radius 2 is 1.94 bits per heavy atom. The number of aryl methyl sites for hydroxylation is 1. The van der Waals surface area contributed by atoms with E-state index in [0.29, 0.717) is 6.54 Å². The van der Waals surface area contributed by atoms with Gasteiger partial charge < -0.3 is 14.9 Å². The minimum Gasteiger partial charge on any atom is -0.496 e. The number of ether oxygens (including phenoxy) is 1. The summed E-state index contributed by atoms with van der Waals surface area (Å²) < 4.78 is 5.52. The molecular weight excluding hydrogens is 394 g/mol. The van der Waals surface area contributed by atoms with Crippen LogP contribution in [0.15, 0.2) is 42.6 Å². The third-order valence-electron chi connectivity index (χ3n) is 5.73. The van der Waals surface area contributed by atoms with Crippen LogP contribution in [0.1, 0.15) is 22.5 Å². The van der Waals surface area contributed by atoms with Gasteiger partial charge in [-0.2, -0.15) is 0 Å². The molecule has 1 aliphatic heterocycles. The van der Waals surface area contributed by atoms with Crippen LogP contribution in [-0.2, 0) is 17.8 Å². The lowest BCUT2D eigenvalue weighted by Crippen LogP contribution is -2.22. The molecular formula is C24H29N3O4. The highest BCUT2D eigenvalue weighted by atomic mass is 16.5. The molecule has 31 heavy (non-hydrogen) atoms. The van der Waals surface area contributed by atoms with E-state index < -0.39 is 0 Å². The first-order valence-electron chi connectivity index (χ1n) is 10.3. The summed E-state index contributed by atoms with van der Waals surface area (Å²) in [6.45, 7) is 6.04. The van der Waals surface area contributed by atoms with Gasteiger partial charge in [-0.05, 0) is 32.4 Å². The van der Waals surface area contributed by atoms with Crippen molar-refractivity contribution in [2.45, 2.75) is 32.9 Å². The number of carbonyl (C=O) groups is 1. The molecule has 7 heteroatoms. The van der Waals surface area contributed by atoms with Crippen molar-refractivity contribution in [2.24, 2.45) is 5.92 Å². The van der Waals surface area contributed by atoms with Crippen LogP contribution in [-0.4, -0.2) is 57.9 Å². The molecule has 1 saturated heterocycles. The first-order chi connectivity index (χ1) is 15.0. The number of pyridine rings is 2. The molecule has 2 aromatic heterocycles. The topological polar surface area (TPSA) is 95.8 Å². The summed E-state index contributed by atoms with van der Waals surface area (Å²) in [5.74, 6) is 1.09. The summed E-state index contributed by atoms with van der Waals surface area (Å²) in [6.07, 6.45) is 2.30. The number of nitrogens with zero attached hydrogens (tertiary/aromatic N) is 3. The number of fused-ring (bicyclic) bond motifs is 1.